The number of rotatable bonds is 6. The summed E-state index contributed by atoms with van der Waals surface area (Å²) in [6.07, 6.45) is 0.964. The molecule has 0 saturated heterocycles. The summed E-state index contributed by atoms with van der Waals surface area (Å²) in [5.41, 5.74) is 0.638. The van der Waals surface area contributed by atoms with E-state index in [0.29, 0.717) is 5.69 Å². The summed E-state index contributed by atoms with van der Waals surface area (Å²) in [5, 5.41) is 2.99. The highest BCUT2D eigenvalue weighted by atomic mass is 35.5. The molecule has 7 nitrogen and oxygen atoms in total. The van der Waals surface area contributed by atoms with Gasteiger partial charge < -0.3 is 10.1 Å². The fourth-order valence-electron chi connectivity index (χ4n) is 2.52. The predicted molar refractivity (Wildman–Crippen MR) is 110 cm³/mol. The number of nitrogens with zero attached hydrogens (tertiary/aromatic N) is 1. The number of nitrogens with one attached hydrogen (secondary N) is 1. The molecule has 0 spiro atoms. The quantitative estimate of drug-likeness (QED) is 0.687. The number of ether oxygens (including phenoxy) is 1. The SMILES string of the molecule is COC(=O)c1cccc(NC(=O)[C@H](C)N(c2cc(Cl)ccc2Cl)S(C)(=O)=O)c1. The third-order valence-electron chi connectivity index (χ3n) is 3.79. The van der Waals surface area contributed by atoms with Gasteiger partial charge in [-0.1, -0.05) is 29.3 Å². The minimum atomic E-state index is -3.86. The standard InChI is InChI=1S/C18H18Cl2N2O5S/c1-11(17(23)21-14-6-4-5-12(9-14)18(24)27-2)22(28(3,25)26)16-10-13(19)7-8-15(16)20/h4-11H,1-3H3,(H,21,23)/t11-/m0/s1. The molecule has 2 aromatic carbocycles. The number of esters is 1. The Morgan fingerprint density at radius 2 is 1.82 bits per heavy atom. The van der Waals surface area contributed by atoms with Gasteiger partial charge in [-0.2, -0.15) is 0 Å². The van der Waals surface area contributed by atoms with Crippen molar-refractivity contribution in [2.75, 3.05) is 23.0 Å². The van der Waals surface area contributed by atoms with Crippen LogP contribution in [0.5, 0.6) is 0 Å². The summed E-state index contributed by atoms with van der Waals surface area (Å²) < 4.78 is 30.3. The first-order valence-electron chi connectivity index (χ1n) is 7.98. The first-order chi connectivity index (χ1) is 13.0. The van der Waals surface area contributed by atoms with Gasteiger partial charge >= 0.3 is 5.97 Å². The molecular weight excluding hydrogens is 427 g/mol. The second-order valence-corrected chi connectivity index (χ2v) is 8.60. The van der Waals surface area contributed by atoms with Gasteiger partial charge in [0.15, 0.2) is 0 Å². The number of hydrogen-bond acceptors (Lipinski definition) is 5. The number of amides is 1. The molecule has 0 unspecified atom stereocenters. The second kappa shape index (κ2) is 8.81. The van der Waals surface area contributed by atoms with E-state index in [1.165, 1.54) is 44.4 Å². The molecule has 0 aliphatic rings. The lowest BCUT2D eigenvalue weighted by Crippen LogP contribution is -2.45. The predicted octanol–water partition coefficient (Wildman–Crippen LogP) is 3.57. The van der Waals surface area contributed by atoms with E-state index in [2.05, 4.69) is 10.1 Å². The summed E-state index contributed by atoms with van der Waals surface area (Å²) >= 11 is 12.1. The number of carbonyl (C=O) groups is 2. The highest BCUT2D eigenvalue weighted by Crippen LogP contribution is 2.32. The van der Waals surface area contributed by atoms with Gasteiger partial charge in [-0.25, -0.2) is 13.2 Å². The number of halogens is 2. The zero-order valence-electron chi connectivity index (χ0n) is 15.3. The summed E-state index contributed by atoms with van der Waals surface area (Å²) in [6, 6.07) is 9.26. The van der Waals surface area contributed by atoms with E-state index in [1.54, 1.807) is 12.1 Å². The van der Waals surface area contributed by atoms with Crippen LogP contribution in [-0.2, 0) is 19.6 Å². The largest absolute Gasteiger partial charge is 0.465 e. The Kier molecular flexibility index (Phi) is 6.92. The Labute approximate surface area is 173 Å². The average Bonchev–Trinajstić information content (AvgIpc) is 2.63. The third-order valence-corrected chi connectivity index (χ3v) is 5.57. The summed E-state index contributed by atoms with van der Waals surface area (Å²) in [6.45, 7) is 1.41. The number of anilines is 2. The van der Waals surface area contributed by atoms with Gasteiger partial charge in [0.1, 0.15) is 6.04 Å². The van der Waals surface area contributed by atoms with Gasteiger partial charge in [-0.3, -0.25) is 9.10 Å². The molecule has 0 aromatic heterocycles. The zero-order chi connectivity index (χ0) is 21.1. The third kappa shape index (κ3) is 5.15. The lowest BCUT2D eigenvalue weighted by atomic mass is 10.2. The molecule has 0 saturated carbocycles. The van der Waals surface area contributed by atoms with Crippen molar-refractivity contribution < 1.29 is 22.7 Å². The first-order valence-corrected chi connectivity index (χ1v) is 10.6. The molecule has 2 aromatic rings. The Morgan fingerprint density at radius 1 is 1.14 bits per heavy atom. The maximum atomic E-state index is 12.7. The Morgan fingerprint density at radius 3 is 2.43 bits per heavy atom. The topological polar surface area (TPSA) is 92.8 Å². The monoisotopic (exact) mass is 444 g/mol. The van der Waals surface area contributed by atoms with Crippen LogP contribution in [0.25, 0.3) is 0 Å². The van der Waals surface area contributed by atoms with E-state index in [-0.39, 0.29) is 21.3 Å². The van der Waals surface area contributed by atoms with Crippen molar-refractivity contribution in [2.45, 2.75) is 13.0 Å². The maximum Gasteiger partial charge on any atom is 0.337 e. The lowest BCUT2D eigenvalue weighted by molar-refractivity contribution is -0.116. The number of methoxy groups -OCH3 is 1. The molecule has 0 radical (unpaired) electrons. The van der Waals surface area contributed by atoms with Crippen molar-refractivity contribution in [3.8, 4) is 0 Å². The molecule has 10 heteroatoms. The average molecular weight is 445 g/mol. The molecule has 0 fully saturated rings. The van der Waals surface area contributed by atoms with Crippen molar-refractivity contribution in [3.05, 3.63) is 58.1 Å². The summed E-state index contributed by atoms with van der Waals surface area (Å²) in [7, 11) is -2.62. The second-order valence-electron chi connectivity index (χ2n) is 5.89. The Balaban J connectivity index is 2.35. The zero-order valence-corrected chi connectivity index (χ0v) is 17.6. The van der Waals surface area contributed by atoms with E-state index in [1.807, 2.05) is 0 Å². The van der Waals surface area contributed by atoms with Gasteiger partial charge in [0, 0.05) is 10.7 Å². The summed E-state index contributed by atoms with van der Waals surface area (Å²) in [5.74, 6) is -1.18. The number of carbonyl (C=O) groups excluding carboxylic acids is 2. The highest BCUT2D eigenvalue weighted by molar-refractivity contribution is 7.92. The van der Waals surface area contributed by atoms with Crippen molar-refractivity contribution in [3.63, 3.8) is 0 Å². The molecule has 0 aliphatic heterocycles. The molecule has 0 heterocycles. The maximum absolute atomic E-state index is 12.7. The van der Waals surface area contributed by atoms with Crippen LogP contribution in [0.2, 0.25) is 10.0 Å². The molecule has 1 N–H and O–H groups in total. The fourth-order valence-corrected chi connectivity index (χ4v) is 4.13. The van der Waals surface area contributed by atoms with Crippen LogP contribution in [0.15, 0.2) is 42.5 Å². The van der Waals surface area contributed by atoms with E-state index in [0.717, 1.165) is 10.6 Å². The van der Waals surface area contributed by atoms with Gasteiger partial charge in [0.25, 0.3) is 0 Å². The van der Waals surface area contributed by atoms with Crippen LogP contribution in [0.1, 0.15) is 17.3 Å². The van der Waals surface area contributed by atoms with E-state index >= 15 is 0 Å². The van der Waals surface area contributed by atoms with Gasteiger partial charge in [-0.15, -0.1) is 0 Å². The van der Waals surface area contributed by atoms with E-state index in [9.17, 15) is 18.0 Å². The van der Waals surface area contributed by atoms with Crippen molar-refractivity contribution >= 4 is 56.5 Å². The molecular formula is C18H18Cl2N2O5S. The van der Waals surface area contributed by atoms with Crippen LogP contribution in [0.3, 0.4) is 0 Å². The van der Waals surface area contributed by atoms with Crippen molar-refractivity contribution in [2.24, 2.45) is 0 Å². The summed E-state index contributed by atoms with van der Waals surface area (Å²) in [4.78, 5) is 24.3. The van der Waals surface area contributed by atoms with Crippen LogP contribution in [0.4, 0.5) is 11.4 Å². The normalized spacial score (nSPS) is 12.2. The Bertz CT molecular complexity index is 1010. The van der Waals surface area contributed by atoms with Crippen LogP contribution < -0.4 is 9.62 Å². The van der Waals surface area contributed by atoms with E-state index in [4.69, 9.17) is 23.2 Å². The molecule has 28 heavy (non-hydrogen) atoms. The van der Waals surface area contributed by atoms with Gasteiger partial charge in [0.05, 0.1) is 29.6 Å². The molecule has 0 aliphatic carbocycles. The smallest absolute Gasteiger partial charge is 0.337 e. The molecule has 1 atom stereocenters. The van der Waals surface area contributed by atoms with E-state index < -0.39 is 27.9 Å². The van der Waals surface area contributed by atoms with Crippen LogP contribution >= 0.6 is 23.2 Å². The Hall–Kier alpha value is -2.29. The van der Waals surface area contributed by atoms with Crippen molar-refractivity contribution in [1.29, 1.82) is 0 Å². The minimum Gasteiger partial charge on any atom is -0.465 e. The van der Waals surface area contributed by atoms with Crippen molar-refractivity contribution in [1.82, 2.24) is 0 Å². The minimum absolute atomic E-state index is 0.0858. The highest BCUT2D eigenvalue weighted by Gasteiger charge is 2.31. The number of sulfonamides is 1. The van der Waals surface area contributed by atoms with Gasteiger partial charge in [-0.05, 0) is 43.3 Å². The number of benzene rings is 2. The molecule has 0 bridgehead atoms. The first kappa shape index (κ1) is 22.0. The van der Waals surface area contributed by atoms with Gasteiger partial charge in [0.2, 0.25) is 15.9 Å². The van der Waals surface area contributed by atoms with Crippen LogP contribution in [-0.4, -0.2) is 39.7 Å². The molecule has 1 amide bonds. The fraction of sp³-hybridized carbons (Fsp3) is 0.222. The lowest BCUT2D eigenvalue weighted by Gasteiger charge is -2.29. The molecule has 150 valence electrons. The number of hydrogen-bond donors (Lipinski definition) is 1. The molecule has 2 rings (SSSR count). The van der Waals surface area contributed by atoms with Crippen LogP contribution in [0, 0.1) is 0 Å².